The summed E-state index contributed by atoms with van der Waals surface area (Å²) in [7, 11) is 0. The molecule has 0 amide bonds. The quantitative estimate of drug-likeness (QED) is 0.603. The van der Waals surface area contributed by atoms with E-state index in [-0.39, 0.29) is 13.2 Å². The smallest absolute Gasteiger partial charge is 0.224 e. The van der Waals surface area contributed by atoms with Gasteiger partial charge < -0.3 is 20.8 Å². The summed E-state index contributed by atoms with van der Waals surface area (Å²) in [6.07, 6.45) is 1.47. The molecule has 96 valence electrons. The zero-order valence-corrected chi connectivity index (χ0v) is 10.6. The number of aliphatic hydroxyl groups excluding tert-OH is 1. The van der Waals surface area contributed by atoms with Crippen LogP contribution in [0.1, 0.15) is 13.8 Å². The van der Waals surface area contributed by atoms with Gasteiger partial charge >= 0.3 is 0 Å². The number of hydrogen-bond donors (Lipinski definition) is 4. The van der Waals surface area contributed by atoms with Gasteiger partial charge in [0.25, 0.3) is 0 Å². The van der Waals surface area contributed by atoms with E-state index in [9.17, 15) is 5.11 Å². The van der Waals surface area contributed by atoms with Gasteiger partial charge in [-0.25, -0.2) is 4.98 Å². The molecule has 0 aliphatic heterocycles. The summed E-state index contributed by atoms with van der Waals surface area (Å²) in [6.45, 7) is 3.95. The average molecular weight is 261 g/mol. The lowest BCUT2D eigenvalue weighted by atomic mass is 10.1. The van der Waals surface area contributed by atoms with Crippen molar-refractivity contribution in [2.75, 3.05) is 30.3 Å². The number of nitrogens with one attached hydrogen (secondary N) is 2. The second-order valence-electron chi connectivity index (χ2n) is 3.93. The fourth-order valence-corrected chi connectivity index (χ4v) is 1.22. The lowest BCUT2D eigenvalue weighted by molar-refractivity contribution is 0.0132. The van der Waals surface area contributed by atoms with Gasteiger partial charge in [0.15, 0.2) is 5.82 Å². The Hall–Kier alpha value is -1.11. The number of hydrogen-bond acceptors (Lipinski definition) is 6. The minimum atomic E-state index is -1.22. The molecule has 0 aliphatic rings. The van der Waals surface area contributed by atoms with Crippen LogP contribution in [0, 0.1) is 0 Å². The zero-order valence-electron chi connectivity index (χ0n) is 9.87. The average Bonchev–Trinajstić information content (AvgIpc) is 2.30. The molecule has 7 heteroatoms. The molecule has 0 saturated carbocycles. The van der Waals surface area contributed by atoms with Crippen LogP contribution in [0.5, 0.6) is 0 Å². The Balaban J connectivity index is 2.72. The molecule has 1 rings (SSSR count). The molecule has 0 radical (unpaired) electrons. The molecular formula is C10H17ClN4O2. The predicted molar refractivity (Wildman–Crippen MR) is 67.4 cm³/mol. The fourth-order valence-electron chi connectivity index (χ4n) is 1.06. The molecule has 0 bridgehead atoms. The second kappa shape index (κ2) is 6.00. The van der Waals surface area contributed by atoms with Crippen molar-refractivity contribution in [2.24, 2.45) is 0 Å². The van der Waals surface area contributed by atoms with Gasteiger partial charge in [-0.2, -0.15) is 4.98 Å². The highest BCUT2D eigenvalue weighted by Crippen LogP contribution is 2.20. The van der Waals surface area contributed by atoms with E-state index in [0.29, 0.717) is 23.3 Å². The maximum absolute atomic E-state index is 9.63. The van der Waals surface area contributed by atoms with Crippen LogP contribution in [0.2, 0.25) is 5.02 Å². The molecule has 1 unspecified atom stereocenters. The molecule has 0 aromatic carbocycles. The number of halogens is 1. The summed E-state index contributed by atoms with van der Waals surface area (Å²) in [6, 6.07) is 0. The Kier molecular flexibility index (Phi) is 4.92. The van der Waals surface area contributed by atoms with Gasteiger partial charge in [-0.15, -0.1) is 0 Å². The minimum absolute atomic E-state index is 0.145. The van der Waals surface area contributed by atoms with Gasteiger partial charge in [0.05, 0.1) is 12.8 Å². The molecule has 17 heavy (non-hydrogen) atoms. The molecule has 1 heterocycles. The molecule has 0 saturated heterocycles. The number of anilines is 2. The standard InChI is InChI=1S/C10H17ClN4O2/c1-3-12-9-13-4-7(11)8(15-9)14-5-10(2,17)6-16/h4,16-17H,3,5-6H2,1-2H3,(H2,12,13,14,15). The number of rotatable bonds is 6. The van der Waals surface area contributed by atoms with Crippen molar-refractivity contribution >= 4 is 23.4 Å². The lowest BCUT2D eigenvalue weighted by Gasteiger charge is -2.21. The molecule has 1 atom stereocenters. The van der Waals surface area contributed by atoms with Crippen LogP contribution in [0.4, 0.5) is 11.8 Å². The Labute approximate surface area is 105 Å². The normalized spacial score (nSPS) is 14.2. The summed E-state index contributed by atoms with van der Waals surface area (Å²) < 4.78 is 0. The number of aliphatic hydroxyl groups is 2. The molecule has 0 fully saturated rings. The van der Waals surface area contributed by atoms with Crippen molar-refractivity contribution < 1.29 is 10.2 Å². The SMILES string of the molecule is CCNc1ncc(Cl)c(NCC(C)(O)CO)n1. The molecule has 0 aliphatic carbocycles. The Morgan fingerprint density at radius 1 is 1.47 bits per heavy atom. The Morgan fingerprint density at radius 2 is 2.18 bits per heavy atom. The van der Waals surface area contributed by atoms with Gasteiger partial charge in [-0.1, -0.05) is 11.6 Å². The summed E-state index contributed by atoms with van der Waals surface area (Å²) in [5.41, 5.74) is -1.22. The van der Waals surface area contributed by atoms with Crippen LogP contribution in [0.25, 0.3) is 0 Å². The van der Waals surface area contributed by atoms with Gasteiger partial charge in [0, 0.05) is 13.1 Å². The van der Waals surface area contributed by atoms with Crippen molar-refractivity contribution in [3.8, 4) is 0 Å². The summed E-state index contributed by atoms with van der Waals surface area (Å²) in [5.74, 6) is 0.884. The van der Waals surface area contributed by atoms with E-state index >= 15 is 0 Å². The van der Waals surface area contributed by atoms with E-state index in [1.807, 2.05) is 6.92 Å². The first-order chi connectivity index (χ1) is 7.98. The largest absolute Gasteiger partial charge is 0.393 e. The third kappa shape index (κ3) is 4.33. The highest BCUT2D eigenvalue weighted by molar-refractivity contribution is 6.32. The first kappa shape index (κ1) is 14.0. The summed E-state index contributed by atoms with van der Waals surface area (Å²) in [5, 5.41) is 24.7. The highest BCUT2D eigenvalue weighted by Gasteiger charge is 2.19. The van der Waals surface area contributed by atoms with Crippen molar-refractivity contribution in [1.82, 2.24) is 9.97 Å². The van der Waals surface area contributed by atoms with E-state index in [2.05, 4.69) is 20.6 Å². The van der Waals surface area contributed by atoms with Crippen molar-refractivity contribution in [3.63, 3.8) is 0 Å². The van der Waals surface area contributed by atoms with Gasteiger partial charge in [0.2, 0.25) is 5.95 Å². The third-order valence-electron chi connectivity index (χ3n) is 2.06. The number of aromatic nitrogens is 2. The first-order valence-electron chi connectivity index (χ1n) is 5.32. The molecule has 1 aromatic heterocycles. The van der Waals surface area contributed by atoms with Crippen LogP contribution in [-0.2, 0) is 0 Å². The minimum Gasteiger partial charge on any atom is -0.393 e. The zero-order chi connectivity index (χ0) is 12.9. The van der Waals surface area contributed by atoms with Crippen molar-refractivity contribution in [1.29, 1.82) is 0 Å². The Bertz CT molecular complexity index is 373. The number of nitrogens with zero attached hydrogens (tertiary/aromatic N) is 2. The third-order valence-corrected chi connectivity index (χ3v) is 2.33. The van der Waals surface area contributed by atoms with Crippen molar-refractivity contribution in [2.45, 2.75) is 19.4 Å². The summed E-state index contributed by atoms with van der Waals surface area (Å²) >= 11 is 5.91. The maximum atomic E-state index is 9.63. The maximum Gasteiger partial charge on any atom is 0.224 e. The molecule has 6 nitrogen and oxygen atoms in total. The van der Waals surface area contributed by atoms with E-state index in [1.165, 1.54) is 13.1 Å². The lowest BCUT2D eigenvalue weighted by Crippen LogP contribution is -2.37. The fraction of sp³-hybridized carbons (Fsp3) is 0.600. The van der Waals surface area contributed by atoms with Crippen LogP contribution in [0.3, 0.4) is 0 Å². The molecule has 4 N–H and O–H groups in total. The topological polar surface area (TPSA) is 90.3 Å². The van der Waals surface area contributed by atoms with E-state index in [1.54, 1.807) is 0 Å². The van der Waals surface area contributed by atoms with Crippen LogP contribution < -0.4 is 10.6 Å². The van der Waals surface area contributed by atoms with Gasteiger partial charge in [-0.05, 0) is 13.8 Å². The second-order valence-corrected chi connectivity index (χ2v) is 4.34. The molecule has 0 spiro atoms. The van der Waals surface area contributed by atoms with Gasteiger partial charge in [0.1, 0.15) is 10.6 Å². The van der Waals surface area contributed by atoms with Crippen LogP contribution in [-0.4, -0.2) is 45.5 Å². The van der Waals surface area contributed by atoms with E-state index in [0.717, 1.165) is 0 Å². The van der Waals surface area contributed by atoms with E-state index in [4.69, 9.17) is 16.7 Å². The molecule has 1 aromatic rings. The van der Waals surface area contributed by atoms with Crippen LogP contribution >= 0.6 is 11.6 Å². The monoisotopic (exact) mass is 260 g/mol. The highest BCUT2D eigenvalue weighted by atomic mass is 35.5. The van der Waals surface area contributed by atoms with E-state index < -0.39 is 5.60 Å². The predicted octanol–water partition coefficient (Wildman–Crippen LogP) is 0.717. The first-order valence-corrected chi connectivity index (χ1v) is 5.70. The summed E-state index contributed by atoms with van der Waals surface area (Å²) in [4.78, 5) is 8.13. The van der Waals surface area contributed by atoms with Crippen molar-refractivity contribution in [3.05, 3.63) is 11.2 Å². The molecular weight excluding hydrogens is 244 g/mol. The van der Waals surface area contributed by atoms with Gasteiger partial charge in [-0.3, -0.25) is 0 Å². The van der Waals surface area contributed by atoms with Crippen LogP contribution in [0.15, 0.2) is 6.20 Å². The Morgan fingerprint density at radius 3 is 2.76 bits per heavy atom.